The van der Waals surface area contributed by atoms with E-state index in [1.807, 2.05) is 31.3 Å². The van der Waals surface area contributed by atoms with E-state index < -0.39 is 0 Å². The number of ketones is 1. The first-order valence-corrected chi connectivity index (χ1v) is 9.69. The Hall–Kier alpha value is -3.51. The molecular weight excluding hydrogens is 383 g/mol. The van der Waals surface area contributed by atoms with Crippen LogP contribution in [-0.4, -0.2) is 22.4 Å². The summed E-state index contributed by atoms with van der Waals surface area (Å²) in [6.07, 6.45) is 5.23. The molecule has 1 aromatic heterocycles. The molecule has 2 aliphatic heterocycles. The molecule has 2 aromatic carbocycles. The van der Waals surface area contributed by atoms with Gasteiger partial charge in [-0.3, -0.25) is 14.7 Å². The second-order valence-electron chi connectivity index (χ2n) is 7.48. The van der Waals surface area contributed by atoms with E-state index in [0.717, 1.165) is 22.4 Å². The van der Waals surface area contributed by atoms with Crippen LogP contribution in [0.5, 0.6) is 11.5 Å². The zero-order valence-corrected chi connectivity index (χ0v) is 16.4. The van der Waals surface area contributed by atoms with Crippen LogP contribution in [-0.2, 0) is 13.1 Å². The van der Waals surface area contributed by atoms with Crippen LogP contribution in [0.3, 0.4) is 0 Å². The monoisotopic (exact) mass is 402 g/mol. The molecule has 0 amide bonds. The predicted octanol–water partition coefficient (Wildman–Crippen LogP) is 4.50. The maximum Gasteiger partial charge on any atom is 0.231 e. The normalized spacial score (nSPS) is 16.7. The van der Waals surface area contributed by atoms with Crippen molar-refractivity contribution in [3.05, 3.63) is 94.3 Å². The number of aromatic nitrogens is 1. The van der Waals surface area contributed by atoms with Crippen molar-refractivity contribution in [1.29, 1.82) is 0 Å². The van der Waals surface area contributed by atoms with Gasteiger partial charge in [0.1, 0.15) is 24.0 Å². The van der Waals surface area contributed by atoms with Crippen molar-refractivity contribution in [3.8, 4) is 11.5 Å². The number of allylic oxidation sites excluding steroid dienone is 1. The summed E-state index contributed by atoms with van der Waals surface area (Å²) >= 11 is 0. The molecule has 0 bridgehead atoms. The molecule has 3 heterocycles. The highest BCUT2D eigenvalue weighted by Gasteiger charge is 2.33. The van der Waals surface area contributed by atoms with Gasteiger partial charge in [0.25, 0.3) is 0 Å². The molecule has 6 heteroatoms. The molecule has 0 atom stereocenters. The van der Waals surface area contributed by atoms with Gasteiger partial charge in [-0.05, 0) is 48.4 Å². The minimum atomic E-state index is -0.324. The summed E-state index contributed by atoms with van der Waals surface area (Å²) in [7, 11) is 0. The van der Waals surface area contributed by atoms with Crippen molar-refractivity contribution < 1.29 is 18.7 Å². The Labute approximate surface area is 173 Å². The van der Waals surface area contributed by atoms with Gasteiger partial charge in [0.15, 0.2) is 5.76 Å². The Balaban J connectivity index is 1.43. The minimum Gasteiger partial charge on any atom is -0.477 e. The maximum absolute atomic E-state index is 13.1. The fourth-order valence-electron chi connectivity index (χ4n) is 3.86. The van der Waals surface area contributed by atoms with Crippen LogP contribution < -0.4 is 9.47 Å². The Morgan fingerprint density at radius 2 is 2.03 bits per heavy atom. The van der Waals surface area contributed by atoms with Gasteiger partial charge in [0.2, 0.25) is 5.78 Å². The number of hydrogen-bond acceptors (Lipinski definition) is 5. The van der Waals surface area contributed by atoms with E-state index in [2.05, 4.69) is 9.88 Å². The van der Waals surface area contributed by atoms with E-state index in [9.17, 15) is 9.18 Å². The van der Waals surface area contributed by atoms with Crippen molar-refractivity contribution in [3.63, 3.8) is 0 Å². The van der Waals surface area contributed by atoms with E-state index in [0.29, 0.717) is 36.7 Å². The minimum absolute atomic E-state index is 0.176. The topological polar surface area (TPSA) is 51.7 Å². The van der Waals surface area contributed by atoms with E-state index in [1.54, 1.807) is 24.4 Å². The molecule has 2 aliphatic rings. The molecule has 150 valence electrons. The number of rotatable bonds is 3. The molecule has 0 fully saturated rings. The van der Waals surface area contributed by atoms with Crippen LogP contribution in [0.1, 0.15) is 32.6 Å². The second-order valence-corrected chi connectivity index (χ2v) is 7.48. The Morgan fingerprint density at radius 3 is 2.80 bits per heavy atom. The third-order valence-electron chi connectivity index (χ3n) is 5.30. The van der Waals surface area contributed by atoms with Crippen molar-refractivity contribution in [2.75, 3.05) is 6.73 Å². The summed E-state index contributed by atoms with van der Waals surface area (Å²) < 4.78 is 25.1. The molecule has 5 nitrogen and oxygen atoms in total. The van der Waals surface area contributed by atoms with Crippen molar-refractivity contribution in [1.82, 2.24) is 9.88 Å². The summed E-state index contributed by atoms with van der Waals surface area (Å²) in [5.41, 5.74) is 4.12. The van der Waals surface area contributed by atoms with E-state index in [4.69, 9.17) is 9.47 Å². The molecule has 0 unspecified atom stereocenters. The molecule has 0 N–H and O–H groups in total. The number of ether oxygens (including phenoxy) is 2. The quantitative estimate of drug-likeness (QED) is 0.604. The SMILES string of the molecule is Cc1c2c(cc3c1OC(=Cc1ccc(F)cc1)C3=O)CN(Cc1cccnc1)CO2. The highest BCUT2D eigenvalue weighted by Crippen LogP contribution is 2.43. The highest BCUT2D eigenvalue weighted by molar-refractivity contribution is 6.15. The highest BCUT2D eigenvalue weighted by atomic mass is 19.1. The van der Waals surface area contributed by atoms with Gasteiger partial charge in [-0.25, -0.2) is 4.39 Å². The number of carbonyl (C=O) groups is 1. The molecule has 0 spiro atoms. The molecule has 30 heavy (non-hydrogen) atoms. The van der Waals surface area contributed by atoms with Gasteiger partial charge in [-0.2, -0.15) is 0 Å². The summed E-state index contributed by atoms with van der Waals surface area (Å²) in [6, 6.07) is 11.7. The standard InChI is InChI=1S/C24H19FN2O3/c1-15-23-18(13-27(14-29-23)12-17-3-2-8-26-11-17)10-20-22(28)21(30-24(15)20)9-16-4-6-19(25)7-5-16/h2-11H,12-14H2,1H3. The Bertz CT molecular complexity index is 1160. The van der Waals surface area contributed by atoms with Crippen LogP contribution in [0.25, 0.3) is 6.08 Å². The fourth-order valence-corrected chi connectivity index (χ4v) is 3.86. The lowest BCUT2D eigenvalue weighted by Gasteiger charge is -2.30. The number of hydrogen-bond donors (Lipinski definition) is 0. The van der Waals surface area contributed by atoms with E-state index >= 15 is 0 Å². The van der Waals surface area contributed by atoms with Crippen LogP contribution in [0.2, 0.25) is 0 Å². The molecule has 0 saturated heterocycles. The molecule has 0 aliphatic carbocycles. The molecule has 0 saturated carbocycles. The first-order chi connectivity index (χ1) is 14.6. The first-order valence-electron chi connectivity index (χ1n) is 9.69. The zero-order chi connectivity index (χ0) is 20.7. The van der Waals surface area contributed by atoms with E-state index in [1.165, 1.54) is 12.1 Å². The number of Topliss-reactive ketones (excluding diaryl/α,β-unsaturated/α-hetero) is 1. The van der Waals surface area contributed by atoms with Gasteiger partial charge < -0.3 is 9.47 Å². The number of carbonyl (C=O) groups excluding carboxylic acids is 1. The van der Waals surface area contributed by atoms with Crippen molar-refractivity contribution in [2.45, 2.75) is 20.0 Å². The molecule has 0 radical (unpaired) electrons. The lowest BCUT2D eigenvalue weighted by atomic mass is 10.00. The summed E-state index contributed by atoms with van der Waals surface area (Å²) in [6.45, 7) is 3.74. The fraction of sp³-hybridized carbons (Fsp3) is 0.167. The van der Waals surface area contributed by atoms with Gasteiger partial charge in [0, 0.05) is 36.6 Å². The third kappa shape index (κ3) is 3.35. The number of fused-ring (bicyclic) bond motifs is 2. The number of benzene rings is 2. The van der Waals surface area contributed by atoms with E-state index in [-0.39, 0.29) is 17.4 Å². The van der Waals surface area contributed by atoms with Gasteiger partial charge in [-0.15, -0.1) is 0 Å². The Morgan fingerprint density at radius 1 is 1.20 bits per heavy atom. The van der Waals surface area contributed by atoms with Gasteiger partial charge in [0.05, 0.1) is 5.56 Å². The smallest absolute Gasteiger partial charge is 0.231 e. The molecular formula is C24H19FN2O3. The number of nitrogens with zero attached hydrogens (tertiary/aromatic N) is 2. The van der Waals surface area contributed by atoms with Gasteiger partial charge >= 0.3 is 0 Å². The second kappa shape index (κ2) is 7.39. The number of halogens is 1. The summed E-state index contributed by atoms with van der Waals surface area (Å²) in [5, 5.41) is 0. The summed E-state index contributed by atoms with van der Waals surface area (Å²) in [5.74, 6) is 1.04. The number of pyridine rings is 1. The Kier molecular flexibility index (Phi) is 4.56. The predicted molar refractivity (Wildman–Crippen MR) is 109 cm³/mol. The zero-order valence-electron chi connectivity index (χ0n) is 16.4. The lowest BCUT2D eigenvalue weighted by molar-refractivity contribution is 0.0876. The average Bonchev–Trinajstić information content (AvgIpc) is 3.06. The third-order valence-corrected chi connectivity index (χ3v) is 5.30. The average molecular weight is 402 g/mol. The van der Waals surface area contributed by atoms with Crippen LogP contribution in [0, 0.1) is 12.7 Å². The largest absolute Gasteiger partial charge is 0.477 e. The summed E-state index contributed by atoms with van der Waals surface area (Å²) in [4.78, 5) is 19.3. The van der Waals surface area contributed by atoms with Gasteiger partial charge in [-0.1, -0.05) is 18.2 Å². The van der Waals surface area contributed by atoms with Crippen LogP contribution in [0.15, 0.2) is 60.6 Å². The lowest BCUT2D eigenvalue weighted by Crippen LogP contribution is -2.32. The van der Waals surface area contributed by atoms with Crippen LogP contribution >= 0.6 is 0 Å². The van der Waals surface area contributed by atoms with Crippen molar-refractivity contribution in [2.24, 2.45) is 0 Å². The first kappa shape index (κ1) is 18.5. The van der Waals surface area contributed by atoms with Crippen molar-refractivity contribution >= 4 is 11.9 Å². The van der Waals surface area contributed by atoms with Crippen LogP contribution in [0.4, 0.5) is 4.39 Å². The molecule has 3 aromatic rings. The molecule has 5 rings (SSSR count). The maximum atomic E-state index is 13.1.